The Morgan fingerprint density at radius 3 is 2.46 bits per heavy atom. The molecule has 10 heteroatoms. The van der Waals surface area contributed by atoms with Crippen LogP contribution in [0.2, 0.25) is 0 Å². The minimum atomic E-state index is -4.40. The molecule has 1 rings (SSSR count). The molecule has 2 N–H and O–H groups in total. The number of nitrogens with zero attached hydrogens (tertiary/aromatic N) is 1. The smallest absolute Gasteiger partial charge is 0.422 e. The van der Waals surface area contributed by atoms with Gasteiger partial charge in [0.25, 0.3) is 0 Å². The molecular formula is C16H25F3IN3O3. The fourth-order valence-corrected chi connectivity index (χ4v) is 1.87. The summed E-state index contributed by atoms with van der Waals surface area (Å²) in [6.45, 7) is 2.77. The van der Waals surface area contributed by atoms with Crippen LogP contribution in [0.3, 0.4) is 0 Å². The van der Waals surface area contributed by atoms with Gasteiger partial charge in [0.2, 0.25) is 0 Å². The molecule has 0 radical (unpaired) electrons. The summed E-state index contributed by atoms with van der Waals surface area (Å²) >= 11 is 0. The standard InChI is InChI=1S/C16H24F3N3O3.HI/c1-4-20-15(21-7-8-23-2)22-10-12-5-6-13(14(9-12)24-3)25-11-16(17,18)19;/h5-6,9H,4,7-8,10-11H2,1-3H3,(H2,20,21,22);1H. The number of ether oxygens (including phenoxy) is 3. The summed E-state index contributed by atoms with van der Waals surface area (Å²) < 4.78 is 51.6. The lowest BCUT2D eigenvalue weighted by molar-refractivity contribution is -0.153. The summed E-state index contributed by atoms with van der Waals surface area (Å²) in [5, 5.41) is 6.19. The van der Waals surface area contributed by atoms with Gasteiger partial charge < -0.3 is 24.8 Å². The third-order valence-electron chi connectivity index (χ3n) is 2.98. The Hall–Kier alpha value is -1.43. The number of nitrogens with one attached hydrogen (secondary N) is 2. The van der Waals surface area contributed by atoms with Gasteiger partial charge in [-0.3, -0.25) is 0 Å². The summed E-state index contributed by atoms with van der Waals surface area (Å²) in [6, 6.07) is 4.70. The van der Waals surface area contributed by atoms with Crippen molar-refractivity contribution in [1.29, 1.82) is 0 Å². The van der Waals surface area contributed by atoms with Crippen LogP contribution in [0.5, 0.6) is 11.5 Å². The predicted molar refractivity (Wildman–Crippen MR) is 105 cm³/mol. The van der Waals surface area contributed by atoms with Crippen LogP contribution in [0.15, 0.2) is 23.2 Å². The number of benzene rings is 1. The first kappa shape index (κ1) is 24.6. The summed E-state index contributed by atoms with van der Waals surface area (Å²) in [4.78, 5) is 4.41. The highest BCUT2D eigenvalue weighted by atomic mass is 127. The molecule has 0 atom stereocenters. The van der Waals surface area contributed by atoms with Crippen LogP contribution in [-0.2, 0) is 11.3 Å². The number of methoxy groups -OCH3 is 2. The van der Waals surface area contributed by atoms with E-state index in [0.29, 0.717) is 32.2 Å². The molecule has 26 heavy (non-hydrogen) atoms. The van der Waals surface area contributed by atoms with Crippen LogP contribution < -0.4 is 20.1 Å². The second-order valence-corrected chi connectivity index (χ2v) is 5.00. The Kier molecular flexibility index (Phi) is 12.1. The number of halogens is 4. The van der Waals surface area contributed by atoms with Crippen molar-refractivity contribution in [2.24, 2.45) is 4.99 Å². The van der Waals surface area contributed by atoms with E-state index in [1.165, 1.54) is 13.2 Å². The van der Waals surface area contributed by atoms with Crippen molar-refractivity contribution in [1.82, 2.24) is 10.6 Å². The average molecular weight is 491 g/mol. The van der Waals surface area contributed by atoms with Crippen molar-refractivity contribution in [2.45, 2.75) is 19.6 Å². The molecule has 0 aromatic heterocycles. The zero-order valence-corrected chi connectivity index (χ0v) is 17.3. The second-order valence-electron chi connectivity index (χ2n) is 5.00. The van der Waals surface area contributed by atoms with E-state index in [9.17, 15) is 13.2 Å². The van der Waals surface area contributed by atoms with E-state index in [1.807, 2.05) is 6.92 Å². The maximum atomic E-state index is 12.3. The summed E-state index contributed by atoms with van der Waals surface area (Å²) in [5.74, 6) is 0.892. The van der Waals surface area contributed by atoms with Gasteiger partial charge in [-0.15, -0.1) is 24.0 Å². The molecular weight excluding hydrogens is 466 g/mol. The van der Waals surface area contributed by atoms with E-state index in [1.54, 1.807) is 19.2 Å². The Morgan fingerprint density at radius 2 is 1.88 bits per heavy atom. The van der Waals surface area contributed by atoms with Crippen molar-refractivity contribution in [3.63, 3.8) is 0 Å². The molecule has 0 amide bonds. The van der Waals surface area contributed by atoms with Gasteiger partial charge in [-0.25, -0.2) is 4.99 Å². The molecule has 0 bridgehead atoms. The Bertz CT molecular complexity index is 557. The summed E-state index contributed by atoms with van der Waals surface area (Å²) in [5.41, 5.74) is 0.778. The molecule has 1 aromatic rings. The Labute approximate surface area is 168 Å². The summed E-state index contributed by atoms with van der Waals surface area (Å²) in [6.07, 6.45) is -4.40. The van der Waals surface area contributed by atoms with Crippen LogP contribution in [0, 0.1) is 0 Å². The first-order chi connectivity index (χ1) is 11.9. The van der Waals surface area contributed by atoms with E-state index in [0.717, 1.165) is 5.56 Å². The highest BCUT2D eigenvalue weighted by Gasteiger charge is 2.29. The topological polar surface area (TPSA) is 64.1 Å². The molecule has 0 unspecified atom stereocenters. The van der Waals surface area contributed by atoms with Crippen molar-refractivity contribution in [3.8, 4) is 11.5 Å². The lowest BCUT2D eigenvalue weighted by Gasteiger charge is -2.14. The molecule has 0 aliphatic heterocycles. The second kappa shape index (κ2) is 12.8. The largest absolute Gasteiger partial charge is 0.493 e. The first-order valence-electron chi connectivity index (χ1n) is 7.77. The third-order valence-corrected chi connectivity index (χ3v) is 2.98. The number of hydrogen-bond acceptors (Lipinski definition) is 4. The van der Waals surface area contributed by atoms with Crippen LogP contribution in [0.1, 0.15) is 12.5 Å². The van der Waals surface area contributed by atoms with Crippen molar-refractivity contribution in [2.75, 3.05) is 40.5 Å². The number of guanidine groups is 1. The molecule has 0 fully saturated rings. The SMILES string of the molecule is CCNC(=NCc1ccc(OCC(F)(F)F)c(OC)c1)NCCOC.I. The van der Waals surface area contributed by atoms with Crippen LogP contribution >= 0.6 is 24.0 Å². The zero-order valence-electron chi connectivity index (χ0n) is 15.0. The normalized spacial score (nSPS) is 11.5. The average Bonchev–Trinajstić information content (AvgIpc) is 2.57. The number of alkyl halides is 3. The monoisotopic (exact) mass is 491 g/mol. The third kappa shape index (κ3) is 9.90. The zero-order chi connectivity index (χ0) is 18.7. The lowest BCUT2D eigenvalue weighted by Crippen LogP contribution is -2.38. The highest BCUT2D eigenvalue weighted by Crippen LogP contribution is 2.30. The number of aliphatic imine (C=N–C) groups is 1. The van der Waals surface area contributed by atoms with Gasteiger partial charge in [-0.05, 0) is 24.6 Å². The molecule has 0 saturated heterocycles. The van der Waals surface area contributed by atoms with Gasteiger partial charge in [0.05, 0.1) is 20.3 Å². The van der Waals surface area contributed by atoms with E-state index in [2.05, 4.69) is 15.6 Å². The van der Waals surface area contributed by atoms with Gasteiger partial charge in [0.1, 0.15) is 0 Å². The first-order valence-corrected chi connectivity index (χ1v) is 7.77. The van der Waals surface area contributed by atoms with E-state index in [4.69, 9.17) is 14.2 Å². The van der Waals surface area contributed by atoms with E-state index in [-0.39, 0.29) is 35.5 Å². The lowest BCUT2D eigenvalue weighted by atomic mass is 10.2. The maximum Gasteiger partial charge on any atom is 0.422 e. The minimum Gasteiger partial charge on any atom is -0.493 e. The van der Waals surface area contributed by atoms with Gasteiger partial charge in [0, 0.05) is 20.2 Å². The molecule has 0 saturated carbocycles. The molecule has 6 nitrogen and oxygen atoms in total. The van der Waals surface area contributed by atoms with Gasteiger partial charge in [0.15, 0.2) is 24.1 Å². The van der Waals surface area contributed by atoms with Crippen LogP contribution in [0.25, 0.3) is 0 Å². The van der Waals surface area contributed by atoms with Crippen LogP contribution in [-0.4, -0.2) is 52.7 Å². The fourth-order valence-electron chi connectivity index (χ4n) is 1.87. The Morgan fingerprint density at radius 1 is 1.15 bits per heavy atom. The van der Waals surface area contributed by atoms with Gasteiger partial charge in [-0.2, -0.15) is 13.2 Å². The van der Waals surface area contributed by atoms with Gasteiger partial charge in [-0.1, -0.05) is 6.07 Å². The minimum absolute atomic E-state index is 0. The number of hydrogen-bond donors (Lipinski definition) is 2. The van der Waals surface area contributed by atoms with Crippen molar-refractivity contribution < 1.29 is 27.4 Å². The molecule has 0 aliphatic rings. The molecule has 0 spiro atoms. The molecule has 150 valence electrons. The molecule has 0 heterocycles. The predicted octanol–water partition coefficient (Wildman–Crippen LogP) is 2.96. The highest BCUT2D eigenvalue weighted by molar-refractivity contribution is 14.0. The Balaban J connectivity index is 0.00000625. The molecule has 0 aliphatic carbocycles. The van der Waals surface area contributed by atoms with E-state index >= 15 is 0 Å². The quantitative estimate of drug-likeness (QED) is 0.241. The molecule has 1 aromatic carbocycles. The van der Waals surface area contributed by atoms with Crippen molar-refractivity contribution >= 4 is 29.9 Å². The van der Waals surface area contributed by atoms with Crippen molar-refractivity contribution in [3.05, 3.63) is 23.8 Å². The summed E-state index contributed by atoms with van der Waals surface area (Å²) in [7, 11) is 2.99. The van der Waals surface area contributed by atoms with Gasteiger partial charge >= 0.3 is 6.18 Å². The maximum absolute atomic E-state index is 12.3. The number of rotatable bonds is 9. The van der Waals surface area contributed by atoms with Crippen LogP contribution in [0.4, 0.5) is 13.2 Å². The fraction of sp³-hybridized carbons (Fsp3) is 0.562. The van der Waals surface area contributed by atoms with E-state index < -0.39 is 12.8 Å².